The Morgan fingerprint density at radius 2 is 2.45 bits per heavy atom. The molecule has 1 aliphatic carbocycles. The SMILES string of the molecule is COc1nn(C)cc1C(=O)NCC1(O)CCCc2sccc21. The fourth-order valence-corrected chi connectivity index (χ4v) is 3.92. The fraction of sp³-hybridized carbons (Fsp3) is 0.467. The molecule has 0 radical (unpaired) electrons. The van der Waals surface area contributed by atoms with Gasteiger partial charge >= 0.3 is 0 Å². The molecule has 1 aliphatic rings. The molecule has 118 valence electrons. The number of rotatable bonds is 4. The monoisotopic (exact) mass is 321 g/mol. The highest BCUT2D eigenvalue weighted by Gasteiger charge is 2.35. The zero-order valence-corrected chi connectivity index (χ0v) is 13.4. The number of thiophene rings is 1. The Hall–Kier alpha value is -1.86. The van der Waals surface area contributed by atoms with Gasteiger partial charge in [-0.15, -0.1) is 16.4 Å². The minimum Gasteiger partial charge on any atom is -0.479 e. The van der Waals surface area contributed by atoms with Gasteiger partial charge in [-0.05, 0) is 36.3 Å². The van der Waals surface area contributed by atoms with E-state index < -0.39 is 5.60 Å². The van der Waals surface area contributed by atoms with E-state index in [-0.39, 0.29) is 18.3 Å². The highest BCUT2D eigenvalue weighted by molar-refractivity contribution is 7.10. The molecule has 0 aliphatic heterocycles. The molecule has 2 aromatic rings. The zero-order chi connectivity index (χ0) is 15.7. The number of aryl methyl sites for hydroxylation is 2. The van der Waals surface area contributed by atoms with Crippen molar-refractivity contribution >= 4 is 17.2 Å². The van der Waals surface area contributed by atoms with Gasteiger partial charge in [0.1, 0.15) is 11.2 Å². The molecule has 2 N–H and O–H groups in total. The number of amides is 1. The first kappa shape index (κ1) is 15.1. The van der Waals surface area contributed by atoms with E-state index in [1.54, 1.807) is 24.6 Å². The van der Waals surface area contributed by atoms with E-state index in [0.29, 0.717) is 12.0 Å². The van der Waals surface area contributed by atoms with Gasteiger partial charge in [-0.25, -0.2) is 0 Å². The first-order chi connectivity index (χ1) is 10.5. The molecule has 0 bridgehead atoms. The lowest BCUT2D eigenvalue weighted by atomic mass is 9.83. The minimum atomic E-state index is -0.987. The Kier molecular flexibility index (Phi) is 3.92. The van der Waals surface area contributed by atoms with Crippen LogP contribution in [0.25, 0.3) is 0 Å². The summed E-state index contributed by atoms with van der Waals surface area (Å²) in [4.78, 5) is 13.5. The molecule has 2 heterocycles. The number of nitrogens with one attached hydrogen (secondary N) is 1. The number of aliphatic hydroxyl groups is 1. The summed E-state index contributed by atoms with van der Waals surface area (Å²) < 4.78 is 6.62. The standard InChI is InChI=1S/C15H19N3O3S/c1-18-8-10(14(17-18)21-2)13(19)16-9-15(20)6-3-4-12-11(15)5-7-22-12/h5,7-8,20H,3-4,6,9H2,1-2H3,(H,16,19). The van der Waals surface area contributed by atoms with Gasteiger partial charge < -0.3 is 15.2 Å². The Morgan fingerprint density at radius 3 is 3.23 bits per heavy atom. The lowest BCUT2D eigenvalue weighted by molar-refractivity contribution is 0.0197. The Bertz CT molecular complexity index is 694. The predicted octanol–water partition coefficient (Wildman–Crippen LogP) is 1.44. The average Bonchev–Trinajstić information content (AvgIpc) is 3.12. The molecule has 0 saturated carbocycles. The van der Waals surface area contributed by atoms with Gasteiger partial charge in [0.25, 0.3) is 5.91 Å². The summed E-state index contributed by atoms with van der Waals surface area (Å²) >= 11 is 1.66. The molecular weight excluding hydrogens is 302 g/mol. The van der Waals surface area contributed by atoms with Crippen molar-refractivity contribution in [3.05, 3.63) is 33.6 Å². The van der Waals surface area contributed by atoms with Crippen LogP contribution in [0.3, 0.4) is 0 Å². The largest absolute Gasteiger partial charge is 0.479 e. The van der Waals surface area contributed by atoms with Crippen molar-refractivity contribution in [2.45, 2.75) is 24.9 Å². The van der Waals surface area contributed by atoms with Crippen molar-refractivity contribution in [1.29, 1.82) is 0 Å². The van der Waals surface area contributed by atoms with Crippen LogP contribution in [0.15, 0.2) is 17.6 Å². The zero-order valence-electron chi connectivity index (χ0n) is 12.6. The molecule has 22 heavy (non-hydrogen) atoms. The van der Waals surface area contributed by atoms with Gasteiger partial charge in [0.2, 0.25) is 5.88 Å². The van der Waals surface area contributed by atoms with E-state index in [2.05, 4.69) is 10.4 Å². The second-order valence-corrected chi connectivity index (χ2v) is 6.55. The number of hydrogen-bond acceptors (Lipinski definition) is 5. The summed E-state index contributed by atoms with van der Waals surface area (Å²) in [5.41, 5.74) is 0.329. The molecule has 6 nitrogen and oxygen atoms in total. The number of carbonyl (C=O) groups excluding carboxylic acids is 1. The normalized spacial score (nSPS) is 20.5. The van der Waals surface area contributed by atoms with Crippen LogP contribution in [-0.2, 0) is 19.1 Å². The molecule has 0 fully saturated rings. The molecule has 0 aromatic carbocycles. The van der Waals surface area contributed by atoms with Crippen LogP contribution in [0.2, 0.25) is 0 Å². The summed E-state index contributed by atoms with van der Waals surface area (Å²) in [5, 5.41) is 19.7. The van der Waals surface area contributed by atoms with Crippen molar-refractivity contribution in [2.75, 3.05) is 13.7 Å². The second-order valence-electron chi connectivity index (χ2n) is 5.55. The molecule has 7 heteroatoms. The van der Waals surface area contributed by atoms with Crippen LogP contribution in [0.4, 0.5) is 0 Å². The topological polar surface area (TPSA) is 76.4 Å². The van der Waals surface area contributed by atoms with Gasteiger partial charge in [0, 0.05) is 18.1 Å². The molecule has 1 atom stereocenters. The number of carbonyl (C=O) groups is 1. The Balaban J connectivity index is 1.74. The third-order valence-corrected chi connectivity index (χ3v) is 5.00. The van der Waals surface area contributed by atoms with Gasteiger partial charge in [-0.2, -0.15) is 0 Å². The molecule has 3 rings (SSSR count). The summed E-state index contributed by atoms with van der Waals surface area (Å²) in [6.45, 7) is 0.188. The van der Waals surface area contributed by atoms with Crippen molar-refractivity contribution in [3.63, 3.8) is 0 Å². The number of ether oxygens (including phenoxy) is 1. The highest BCUT2D eigenvalue weighted by atomic mass is 32.1. The molecule has 0 saturated heterocycles. The summed E-state index contributed by atoms with van der Waals surface area (Å²) in [7, 11) is 3.21. The van der Waals surface area contributed by atoms with E-state index in [4.69, 9.17) is 4.74 Å². The summed E-state index contributed by atoms with van der Waals surface area (Å²) in [5.74, 6) is -0.00687. The summed E-state index contributed by atoms with van der Waals surface area (Å²) in [6, 6.07) is 1.95. The lowest BCUT2D eigenvalue weighted by Gasteiger charge is -2.32. The van der Waals surface area contributed by atoms with Crippen LogP contribution >= 0.6 is 11.3 Å². The maximum atomic E-state index is 12.3. The molecule has 1 amide bonds. The van der Waals surface area contributed by atoms with E-state index in [0.717, 1.165) is 18.4 Å². The smallest absolute Gasteiger partial charge is 0.258 e. The van der Waals surface area contributed by atoms with E-state index >= 15 is 0 Å². The molecular formula is C15H19N3O3S. The third kappa shape index (κ3) is 2.62. The van der Waals surface area contributed by atoms with E-state index in [9.17, 15) is 9.90 Å². The van der Waals surface area contributed by atoms with Crippen molar-refractivity contribution in [2.24, 2.45) is 7.05 Å². The Labute approximate surface area is 132 Å². The Morgan fingerprint density at radius 1 is 1.64 bits per heavy atom. The van der Waals surface area contributed by atoms with Crippen molar-refractivity contribution in [1.82, 2.24) is 15.1 Å². The van der Waals surface area contributed by atoms with Crippen LogP contribution in [-0.4, -0.2) is 34.4 Å². The quantitative estimate of drug-likeness (QED) is 0.893. The number of nitrogens with zero attached hydrogens (tertiary/aromatic N) is 2. The second kappa shape index (κ2) is 5.73. The molecule has 1 unspecified atom stereocenters. The van der Waals surface area contributed by atoms with Crippen LogP contribution in [0.1, 0.15) is 33.6 Å². The predicted molar refractivity (Wildman–Crippen MR) is 83.2 cm³/mol. The van der Waals surface area contributed by atoms with Crippen LogP contribution in [0, 0.1) is 0 Å². The lowest BCUT2D eigenvalue weighted by Crippen LogP contribution is -2.42. The van der Waals surface area contributed by atoms with E-state index in [1.807, 2.05) is 11.4 Å². The average molecular weight is 321 g/mol. The number of fused-ring (bicyclic) bond motifs is 1. The van der Waals surface area contributed by atoms with Gasteiger partial charge in [-0.3, -0.25) is 9.48 Å². The number of hydrogen-bond donors (Lipinski definition) is 2. The van der Waals surface area contributed by atoms with Gasteiger partial charge in [-0.1, -0.05) is 0 Å². The highest BCUT2D eigenvalue weighted by Crippen LogP contribution is 2.37. The van der Waals surface area contributed by atoms with Gasteiger partial charge in [0.15, 0.2) is 0 Å². The van der Waals surface area contributed by atoms with Crippen molar-refractivity contribution < 1.29 is 14.6 Å². The van der Waals surface area contributed by atoms with Crippen LogP contribution < -0.4 is 10.1 Å². The van der Waals surface area contributed by atoms with E-state index in [1.165, 1.54) is 16.7 Å². The number of methoxy groups -OCH3 is 1. The number of aromatic nitrogens is 2. The minimum absolute atomic E-state index is 0.188. The van der Waals surface area contributed by atoms with Gasteiger partial charge in [0.05, 0.1) is 13.7 Å². The fourth-order valence-electron chi connectivity index (χ4n) is 2.90. The molecule has 0 spiro atoms. The molecule has 2 aromatic heterocycles. The van der Waals surface area contributed by atoms with Crippen LogP contribution in [0.5, 0.6) is 5.88 Å². The first-order valence-electron chi connectivity index (χ1n) is 7.18. The summed E-state index contributed by atoms with van der Waals surface area (Å²) in [6.07, 6.45) is 4.19. The third-order valence-electron chi connectivity index (χ3n) is 4.02. The maximum Gasteiger partial charge on any atom is 0.258 e. The first-order valence-corrected chi connectivity index (χ1v) is 8.06. The maximum absolute atomic E-state index is 12.3. The van der Waals surface area contributed by atoms with Crippen molar-refractivity contribution in [3.8, 4) is 5.88 Å².